The van der Waals surface area contributed by atoms with Crippen LogP contribution in [0.3, 0.4) is 0 Å². The van der Waals surface area contributed by atoms with E-state index < -0.39 is 0 Å². The number of thiophene rings is 1. The molecule has 4 aromatic rings. The second-order valence-corrected chi connectivity index (χ2v) is 7.93. The van der Waals surface area contributed by atoms with Gasteiger partial charge in [0.25, 0.3) is 5.56 Å². The molecule has 0 spiro atoms. The van der Waals surface area contributed by atoms with Crippen molar-refractivity contribution in [1.29, 1.82) is 0 Å². The van der Waals surface area contributed by atoms with Crippen LogP contribution in [0.15, 0.2) is 68.9 Å². The van der Waals surface area contributed by atoms with Gasteiger partial charge in [-0.3, -0.25) is 9.36 Å². The Balaban J connectivity index is 1.58. The maximum absolute atomic E-state index is 12.6. The lowest BCUT2D eigenvalue weighted by Gasteiger charge is -2.08. The quantitative estimate of drug-likeness (QED) is 0.244. The molecule has 3 heterocycles. The van der Waals surface area contributed by atoms with Gasteiger partial charge in [0, 0.05) is 17.1 Å². The van der Waals surface area contributed by atoms with Crippen molar-refractivity contribution >= 4 is 44.9 Å². The van der Waals surface area contributed by atoms with Crippen LogP contribution in [0.2, 0.25) is 5.02 Å². The Labute approximate surface area is 168 Å². The van der Waals surface area contributed by atoms with E-state index in [2.05, 4.69) is 16.5 Å². The number of hydrogen-bond acceptors (Lipinski definition) is 6. The predicted octanol–water partition coefficient (Wildman–Crippen LogP) is 5.24. The molecule has 8 heteroatoms. The van der Waals surface area contributed by atoms with E-state index in [-0.39, 0.29) is 5.56 Å². The van der Waals surface area contributed by atoms with E-state index in [9.17, 15) is 4.79 Å². The van der Waals surface area contributed by atoms with E-state index in [4.69, 9.17) is 16.0 Å². The number of rotatable bonds is 6. The van der Waals surface area contributed by atoms with E-state index in [1.54, 1.807) is 22.9 Å². The molecule has 0 saturated heterocycles. The molecule has 3 aromatic heterocycles. The van der Waals surface area contributed by atoms with Gasteiger partial charge in [-0.2, -0.15) is 0 Å². The molecule has 136 valence electrons. The summed E-state index contributed by atoms with van der Waals surface area (Å²) < 4.78 is 7.45. The first kappa shape index (κ1) is 18.0. The zero-order chi connectivity index (χ0) is 18.8. The topological polar surface area (TPSA) is 60.9 Å². The van der Waals surface area contributed by atoms with Gasteiger partial charge >= 0.3 is 0 Å². The van der Waals surface area contributed by atoms with Crippen molar-refractivity contribution in [2.45, 2.75) is 17.5 Å². The molecule has 5 nitrogen and oxygen atoms in total. The second kappa shape index (κ2) is 7.72. The first-order chi connectivity index (χ1) is 13.2. The van der Waals surface area contributed by atoms with Gasteiger partial charge in [0.1, 0.15) is 4.83 Å². The van der Waals surface area contributed by atoms with Crippen LogP contribution in [-0.2, 0) is 12.3 Å². The number of benzene rings is 1. The summed E-state index contributed by atoms with van der Waals surface area (Å²) in [7, 11) is 0. The first-order valence-corrected chi connectivity index (χ1v) is 10.3. The molecule has 1 aromatic carbocycles. The van der Waals surface area contributed by atoms with Crippen molar-refractivity contribution in [2.24, 2.45) is 0 Å². The van der Waals surface area contributed by atoms with Crippen molar-refractivity contribution < 1.29 is 4.42 Å². The Morgan fingerprint density at radius 1 is 1.30 bits per heavy atom. The van der Waals surface area contributed by atoms with E-state index in [0.29, 0.717) is 39.5 Å². The Bertz CT molecular complexity index is 1160. The standard InChI is InChI=1S/C19H14ClN3O2S2/c1-2-8-23-18(24)14-7-9-26-17(14)22-19(23)27-11-16-21-10-15(25-16)12-3-5-13(20)6-4-12/h2-7,9-10H,1,8,11H2. The first-order valence-electron chi connectivity index (χ1n) is 8.08. The van der Waals surface area contributed by atoms with E-state index in [0.717, 1.165) is 10.4 Å². The molecule has 0 atom stereocenters. The number of thioether (sulfide) groups is 1. The van der Waals surface area contributed by atoms with Crippen molar-refractivity contribution in [3.63, 3.8) is 0 Å². The predicted molar refractivity (Wildman–Crippen MR) is 111 cm³/mol. The Morgan fingerprint density at radius 2 is 2.11 bits per heavy atom. The number of allylic oxidation sites excluding steroid dienone is 1. The second-order valence-electron chi connectivity index (χ2n) is 5.65. The highest BCUT2D eigenvalue weighted by atomic mass is 35.5. The summed E-state index contributed by atoms with van der Waals surface area (Å²) >= 11 is 8.79. The van der Waals surface area contributed by atoms with Gasteiger partial charge in [0.15, 0.2) is 10.9 Å². The highest BCUT2D eigenvalue weighted by molar-refractivity contribution is 7.98. The van der Waals surface area contributed by atoms with Crippen molar-refractivity contribution in [2.75, 3.05) is 0 Å². The minimum atomic E-state index is -0.0575. The van der Waals surface area contributed by atoms with E-state index in [1.165, 1.54) is 23.1 Å². The summed E-state index contributed by atoms with van der Waals surface area (Å²) in [5.41, 5.74) is 0.850. The van der Waals surface area contributed by atoms with Gasteiger partial charge in [-0.15, -0.1) is 17.9 Å². The molecule has 0 saturated carbocycles. The molecular weight excluding hydrogens is 402 g/mol. The molecule has 0 aliphatic rings. The summed E-state index contributed by atoms with van der Waals surface area (Å²) in [5.74, 6) is 1.71. The Kier molecular flexibility index (Phi) is 5.15. The highest BCUT2D eigenvalue weighted by Crippen LogP contribution is 2.27. The highest BCUT2D eigenvalue weighted by Gasteiger charge is 2.14. The van der Waals surface area contributed by atoms with Gasteiger partial charge in [-0.05, 0) is 35.7 Å². The van der Waals surface area contributed by atoms with Crippen LogP contribution in [0.1, 0.15) is 5.89 Å². The molecule has 4 rings (SSSR count). The van der Waals surface area contributed by atoms with Crippen LogP contribution < -0.4 is 5.56 Å². The molecule has 0 fully saturated rings. The molecule has 0 aliphatic heterocycles. The number of oxazole rings is 1. The third-order valence-corrected chi connectivity index (χ3v) is 5.89. The van der Waals surface area contributed by atoms with Gasteiger partial charge < -0.3 is 4.42 Å². The maximum atomic E-state index is 12.6. The number of hydrogen-bond donors (Lipinski definition) is 0. The normalized spacial score (nSPS) is 11.1. The largest absolute Gasteiger partial charge is 0.440 e. The van der Waals surface area contributed by atoms with Crippen LogP contribution >= 0.6 is 34.7 Å². The monoisotopic (exact) mass is 415 g/mol. The minimum Gasteiger partial charge on any atom is -0.440 e. The van der Waals surface area contributed by atoms with Crippen LogP contribution in [0.5, 0.6) is 0 Å². The average molecular weight is 416 g/mol. The molecule has 27 heavy (non-hydrogen) atoms. The van der Waals surface area contributed by atoms with Crippen LogP contribution in [0.25, 0.3) is 21.5 Å². The van der Waals surface area contributed by atoms with E-state index in [1.807, 2.05) is 29.6 Å². The lowest BCUT2D eigenvalue weighted by Crippen LogP contribution is -2.22. The number of aromatic nitrogens is 3. The molecule has 0 radical (unpaired) electrons. The zero-order valence-corrected chi connectivity index (χ0v) is 16.5. The van der Waals surface area contributed by atoms with Gasteiger partial charge in [-0.25, -0.2) is 9.97 Å². The summed E-state index contributed by atoms with van der Waals surface area (Å²) in [6.07, 6.45) is 3.38. The van der Waals surface area contributed by atoms with Crippen LogP contribution in [0, 0.1) is 0 Å². The average Bonchev–Trinajstić information content (AvgIpc) is 3.33. The lowest BCUT2D eigenvalue weighted by atomic mass is 10.2. The van der Waals surface area contributed by atoms with Crippen LogP contribution in [0.4, 0.5) is 0 Å². The summed E-state index contributed by atoms with van der Waals surface area (Å²) in [5, 5.41) is 3.80. The van der Waals surface area contributed by atoms with Gasteiger partial charge in [0.2, 0.25) is 5.89 Å². The zero-order valence-electron chi connectivity index (χ0n) is 14.1. The summed E-state index contributed by atoms with van der Waals surface area (Å²) in [4.78, 5) is 22.3. The third kappa shape index (κ3) is 3.71. The number of halogens is 1. The van der Waals surface area contributed by atoms with Crippen LogP contribution in [-0.4, -0.2) is 14.5 Å². The fraction of sp³-hybridized carbons (Fsp3) is 0.105. The summed E-state index contributed by atoms with van der Waals surface area (Å²) in [6.45, 7) is 4.14. The summed E-state index contributed by atoms with van der Waals surface area (Å²) in [6, 6.07) is 9.18. The molecule has 0 unspecified atom stereocenters. The number of fused-ring (bicyclic) bond motifs is 1. The van der Waals surface area contributed by atoms with Crippen molar-refractivity contribution in [3.05, 3.63) is 75.8 Å². The minimum absolute atomic E-state index is 0.0575. The SMILES string of the molecule is C=CCn1c(SCc2ncc(-c3ccc(Cl)cc3)o2)nc2sccc2c1=O. The molecule has 0 amide bonds. The molecular formula is C19H14ClN3O2S2. The Hall–Kier alpha value is -2.35. The van der Waals surface area contributed by atoms with E-state index >= 15 is 0 Å². The lowest BCUT2D eigenvalue weighted by molar-refractivity contribution is 0.529. The maximum Gasteiger partial charge on any atom is 0.263 e. The van der Waals surface area contributed by atoms with Gasteiger partial charge in [0.05, 0.1) is 17.3 Å². The van der Waals surface area contributed by atoms with Crippen molar-refractivity contribution in [3.8, 4) is 11.3 Å². The molecule has 0 N–H and O–H groups in total. The Morgan fingerprint density at radius 3 is 2.89 bits per heavy atom. The fourth-order valence-corrected chi connectivity index (χ4v) is 4.37. The smallest absolute Gasteiger partial charge is 0.263 e. The van der Waals surface area contributed by atoms with Crippen molar-refractivity contribution in [1.82, 2.24) is 14.5 Å². The fourth-order valence-electron chi connectivity index (χ4n) is 2.58. The van der Waals surface area contributed by atoms with Gasteiger partial charge in [-0.1, -0.05) is 29.4 Å². The molecule has 0 bridgehead atoms. The number of nitrogens with zero attached hydrogens (tertiary/aromatic N) is 3. The molecule has 0 aliphatic carbocycles. The third-order valence-electron chi connectivity index (χ3n) is 3.87.